The monoisotopic (exact) mass is 466 g/mol. The molecule has 0 bridgehead atoms. The zero-order chi connectivity index (χ0) is 23.8. The van der Waals surface area contributed by atoms with Gasteiger partial charge in [0.2, 0.25) is 11.9 Å². The maximum atomic E-state index is 13.6. The number of hydrogen-bond donors (Lipinski definition) is 1. The van der Waals surface area contributed by atoms with Gasteiger partial charge in [0.1, 0.15) is 11.6 Å². The van der Waals surface area contributed by atoms with Crippen molar-refractivity contribution in [2.24, 2.45) is 0 Å². The van der Waals surface area contributed by atoms with Gasteiger partial charge in [-0.2, -0.15) is 4.98 Å². The van der Waals surface area contributed by atoms with E-state index in [2.05, 4.69) is 23.1 Å². The van der Waals surface area contributed by atoms with Gasteiger partial charge in [0.25, 0.3) is 0 Å². The van der Waals surface area contributed by atoms with E-state index in [0.29, 0.717) is 57.5 Å². The maximum Gasteiger partial charge on any atom is 0.232 e. The fraction of sp³-hybridized carbons (Fsp3) is 0.250. The number of rotatable bonds is 4. The highest BCUT2D eigenvalue weighted by Crippen LogP contribution is 2.37. The van der Waals surface area contributed by atoms with Crippen LogP contribution in [0, 0.1) is 0 Å². The van der Waals surface area contributed by atoms with E-state index in [1.165, 1.54) is 0 Å². The first-order valence-corrected chi connectivity index (χ1v) is 12.0. The normalized spacial score (nSPS) is 15.4. The van der Waals surface area contributed by atoms with Gasteiger partial charge in [0.15, 0.2) is 0 Å². The fourth-order valence-corrected chi connectivity index (χ4v) is 4.99. The van der Waals surface area contributed by atoms with Crippen LogP contribution in [0.15, 0.2) is 66.7 Å². The van der Waals surface area contributed by atoms with Gasteiger partial charge in [-0.3, -0.25) is 9.69 Å². The summed E-state index contributed by atoms with van der Waals surface area (Å²) < 4.78 is 5.51. The summed E-state index contributed by atoms with van der Waals surface area (Å²) in [5.74, 6) is 1.47. The number of nitrogens with zero attached hydrogens (tertiary/aromatic N) is 4. The molecular formula is C28H26N4O3. The van der Waals surface area contributed by atoms with Gasteiger partial charge >= 0.3 is 0 Å². The molecule has 1 N–H and O–H groups in total. The summed E-state index contributed by atoms with van der Waals surface area (Å²) in [6.07, 6.45) is 0.976. The van der Waals surface area contributed by atoms with Crippen molar-refractivity contribution >= 4 is 28.4 Å². The van der Waals surface area contributed by atoms with E-state index < -0.39 is 0 Å². The molecule has 1 saturated heterocycles. The Kier molecular flexibility index (Phi) is 5.54. The summed E-state index contributed by atoms with van der Waals surface area (Å²) in [5.41, 5.74) is 3.55. The topological polar surface area (TPSA) is 78.8 Å². The SMILES string of the molecule is O=C(Cc1cccc2ccccc12)N1CCc2c(-c3cccc(O)c3)nc(N3CCOCC3)nc21. The first-order chi connectivity index (χ1) is 17.2. The molecule has 176 valence electrons. The van der Waals surface area contributed by atoms with E-state index in [4.69, 9.17) is 14.7 Å². The van der Waals surface area contributed by atoms with E-state index >= 15 is 0 Å². The number of benzene rings is 3. The number of hydrogen-bond acceptors (Lipinski definition) is 6. The molecule has 7 heteroatoms. The zero-order valence-electron chi connectivity index (χ0n) is 19.4. The Labute approximate surface area is 203 Å². The molecule has 0 radical (unpaired) electrons. The standard InChI is InChI=1S/C28H26N4O3/c33-22-9-4-8-21(17-22)26-24-11-12-32(27(24)30-28(29-26)31-13-15-35-16-14-31)25(34)18-20-7-3-6-19-5-1-2-10-23(19)20/h1-10,17,33H,11-16,18H2. The minimum Gasteiger partial charge on any atom is -0.508 e. The highest BCUT2D eigenvalue weighted by molar-refractivity contribution is 5.99. The third kappa shape index (κ3) is 4.08. The molecule has 4 aromatic rings. The van der Waals surface area contributed by atoms with Crippen molar-refractivity contribution in [1.29, 1.82) is 0 Å². The van der Waals surface area contributed by atoms with Crippen LogP contribution in [-0.2, 0) is 22.4 Å². The largest absolute Gasteiger partial charge is 0.508 e. The number of amides is 1. The lowest BCUT2D eigenvalue weighted by atomic mass is 10.0. The molecule has 0 spiro atoms. The van der Waals surface area contributed by atoms with Crippen LogP contribution in [0.3, 0.4) is 0 Å². The zero-order valence-corrected chi connectivity index (χ0v) is 19.4. The van der Waals surface area contributed by atoms with Crippen LogP contribution in [-0.4, -0.2) is 53.8 Å². The van der Waals surface area contributed by atoms with Crippen molar-refractivity contribution in [3.05, 3.63) is 77.9 Å². The molecule has 6 rings (SSSR count). The quantitative estimate of drug-likeness (QED) is 0.490. The summed E-state index contributed by atoms with van der Waals surface area (Å²) >= 11 is 0. The van der Waals surface area contributed by atoms with Crippen LogP contribution < -0.4 is 9.80 Å². The van der Waals surface area contributed by atoms with Crippen molar-refractivity contribution in [1.82, 2.24) is 9.97 Å². The second-order valence-corrected chi connectivity index (χ2v) is 8.93. The van der Waals surface area contributed by atoms with E-state index in [0.717, 1.165) is 33.2 Å². The molecule has 35 heavy (non-hydrogen) atoms. The van der Waals surface area contributed by atoms with Gasteiger partial charge in [0, 0.05) is 30.8 Å². The third-order valence-electron chi connectivity index (χ3n) is 6.75. The lowest BCUT2D eigenvalue weighted by Gasteiger charge is -2.28. The fourth-order valence-electron chi connectivity index (χ4n) is 4.99. The van der Waals surface area contributed by atoms with Crippen LogP contribution >= 0.6 is 0 Å². The van der Waals surface area contributed by atoms with Crippen molar-refractivity contribution in [3.8, 4) is 17.0 Å². The smallest absolute Gasteiger partial charge is 0.232 e. The van der Waals surface area contributed by atoms with Gasteiger partial charge in [0.05, 0.1) is 25.3 Å². The summed E-state index contributed by atoms with van der Waals surface area (Å²) in [7, 11) is 0. The second-order valence-electron chi connectivity index (χ2n) is 8.93. The lowest BCUT2D eigenvalue weighted by molar-refractivity contribution is -0.117. The van der Waals surface area contributed by atoms with Crippen molar-refractivity contribution < 1.29 is 14.6 Å². The predicted molar refractivity (Wildman–Crippen MR) is 136 cm³/mol. The van der Waals surface area contributed by atoms with E-state index in [1.807, 2.05) is 36.4 Å². The minimum absolute atomic E-state index is 0.0218. The number of ether oxygens (including phenoxy) is 1. The van der Waals surface area contributed by atoms with Gasteiger partial charge < -0.3 is 14.7 Å². The number of fused-ring (bicyclic) bond motifs is 2. The number of carbonyl (C=O) groups is 1. The molecule has 7 nitrogen and oxygen atoms in total. The number of carbonyl (C=O) groups excluding carboxylic acids is 1. The first-order valence-electron chi connectivity index (χ1n) is 12.0. The van der Waals surface area contributed by atoms with Crippen molar-refractivity contribution in [2.75, 3.05) is 42.6 Å². The Morgan fingerprint density at radius 1 is 0.943 bits per heavy atom. The third-order valence-corrected chi connectivity index (χ3v) is 6.75. The van der Waals surface area contributed by atoms with Crippen LogP contribution in [0.25, 0.3) is 22.0 Å². The Morgan fingerprint density at radius 3 is 2.60 bits per heavy atom. The summed E-state index contributed by atoms with van der Waals surface area (Å²) in [6.45, 7) is 3.19. The van der Waals surface area contributed by atoms with Crippen LogP contribution in [0.2, 0.25) is 0 Å². The number of phenols is 1. The molecule has 1 aromatic heterocycles. The Hall–Kier alpha value is -3.97. The van der Waals surface area contributed by atoms with Gasteiger partial charge in [-0.15, -0.1) is 0 Å². The summed E-state index contributed by atoms with van der Waals surface area (Å²) in [5, 5.41) is 12.3. The number of aromatic hydroxyl groups is 1. The van der Waals surface area contributed by atoms with Crippen LogP contribution in [0.5, 0.6) is 5.75 Å². The Morgan fingerprint density at radius 2 is 1.74 bits per heavy atom. The van der Waals surface area contributed by atoms with Gasteiger partial charge in [-0.25, -0.2) is 4.98 Å². The molecular weight excluding hydrogens is 440 g/mol. The Balaban J connectivity index is 1.40. The molecule has 3 heterocycles. The number of anilines is 2. The first kappa shape index (κ1) is 21.6. The molecule has 0 unspecified atom stereocenters. The van der Waals surface area contributed by atoms with Crippen molar-refractivity contribution in [3.63, 3.8) is 0 Å². The maximum absolute atomic E-state index is 13.6. The Bertz CT molecular complexity index is 1410. The summed E-state index contributed by atoms with van der Waals surface area (Å²) in [6, 6.07) is 21.3. The van der Waals surface area contributed by atoms with Crippen molar-refractivity contribution in [2.45, 2.75) is 12.8 Å². The van der Waals surface area contributed by atoms with Crippen LogP contribution in [0.1, 0.15) is 11.1 Å². The summed E-state index contributed by atoms with van der Waals surface area (Å²) in [4.78, 5) is 27.3. The molecule has 3 aromatic carbocycles. The predicted octanol–water partition coefficient (Wildman–Crippen LogP) is 3.97. The average molecular weight is 467 g/mol. The molecule has 0 aliphatic carbocycles. The van der Waals surface area contributed by atoms with Gasteiger partial charge in [-0.05, 0) is 34.9 Å². The van der Waals surface area contributed by atoms with E-state index in [9.17, 15) is 9.90 Å². The second kappa shape index (κ2) is 9.00. The van der Waals surface area contributed by atoms with Crippen LogP contribution in [0.4, 0.5) is 11.8 Å². The van der Waals surface area contributed by atoms with E-state index in [1.54, 1.807) is 17.0 Å². The molecule has 1 fully saturated rings. The number of morpholine rings is 1. The number of phenolic OH excluding ortho intramolecular Hbond substituents is 1. The number of aromatic nitrogens is 2. The highest BCUT2D eigenvalue weighted by atomic mass is 16.5. The van der Waals surface area contributed by atoms with E-state index in [-0.39, 0.29) is 11.7 Å². The molecule has 0 saturated carbocycles. The molecule has 0 atom stereocenters. The molecule has 1 amide bonds. The molecule has 2 aliphatic heterocycles. The molecule has 2 aliphatic rings. The lowest BCUT2D eigenvalue weighted by Crippen LogP contribution is -2.38. The minimum atomic E-state index is 0.0218. The van der Waals surface area contributed by atoms with Gasteiger partial charge in [-0.1, -0.05) is 54.6 Å². The average Bonchev–Trinajstić information content (AvgIpc) is 3.33. The highest BCUT2D eigenvalue weighted by Gasteiger charge is 2.31.